The molecule has 0 fully saturated rings. The van der Waals surface area contributed by atoms with Crippen LogP contribution in [0.15, 0.2) is 78.4 Å². The van der Waals surface area contributed by atoms with E-state index in [1.807, 2.05) is 37.3 Å². The van der Waals surface area contributed by atoms with Gasteiger partial charge in [0.25, 0.3) is 0 Å². The Morgan fingerprint density at radius 2 is 1.94 bits per heavy atom. The molecular weight excluding hydrogens is 614 g/mol. The van der Waals surface area contributed by atoms with Crippen LogP contribution in [0.5, 0.6) is 11.5 Å². The molecule has 11 heteroatoms. The lowest BCUT2D eigenvalue weighted by Crippen LogP contribution is -2.31. The number of fused-ring (bicyclic) bond motifs is 8. The van der Waals surface area contributed by atoms with Crippen molar-refractivity contribution >= 4 is 16.9 Å². The number of nitrogens with two attached hydrogens (primary N) is 2. The predicted molar refractivity (Wildman–Crippen MR) is 181 cm³/mol. The quantitative estimate of drug-likeness (QED) is 0.124. The zero-order valence-electron chi connectivity index (χ0n) is 27.1. The summed E-state index contributed by atoms with van der Waals surface area (Å²) in [6, 6.07) is 15.4. The van der Waals surface area contributed by atoms with Crippen molar-refractivity contribution < 1.29 is 23.4 Å². The summed E-state index contributed by atoms with van der Waals surface area (Å²) < 4.78 is 37.3. The highest BCUT2D eigenvalue weighted by Gasteiger charge is 2.31. The van der Waals surface area contributed by atoms with Gasteiger partial charge >= 0.3 is 5.97 Å². The number of allylic oxidation sites excluding steroid dienone is 2. The summed E-state index contributed by atoms with van der Waals surface area (Å²) in [4.78, 5) is 22.3. The molecule has 0 radical (unpaired) electrons. The number of ether oxygens (including phenoxy) is 1. The van der Waals surface area contributed by atoms with Gasteiger partial charge in [0.2, 0.25) is 0 Å². The minimum Gasteiger partial charge on any atom is -0.481 e. The molecular formula is C37H40F2N6O3. The largest absolute Gasteiger partial charge is 0.481 e. The molecule has 1 atom stereocenters. The van der Waals surface area contributed by atoms with E-state index in [1.54, 1.807) is 12.4 Å². The Bertz CT molecular complexity index is 2000. The van der Waals surface area contributed by atoms with Crippen LogP contribution in [0.4, 0.5) is 8.78 Å². The van der Waals surface area contributed by atoms with Crippen molar-refractivity contribution in [3.05, 3.63) is 112 Å². The number of nitrogens with zero attached hydrogens (tertiary/aromatic N) is 2. The van der Waals surface area contributed by atoms with Crippen molar-refractivity contribution in [1.29, 1.82) is 0 Å². The first-order valence-corrected chi connectivity index (χ1v) is 16.1. The van der Waals surface area contributed by atoms with E-state index < -0.39 is 23.0 Å². The van der Waals surface area contributed by atoms with Crippen molar-refractivity contribution in [1.82, 2.24) is 20.0 Å². The van der Waals surface area contributed by atoms with Crippen LogP contribution >= 0.6 is 0 Å². The first-order valence-electron chi connectivity index (χ1n) is 16.1. The third kappa shape index (κ3) is 6.64. The SMILES string of the molecule is C/C1=C(/N)CCCCCC(C)(c2cccc(CCC(=O)O)c2)c2cnc([nH]2)-c2cc(ccc2F)Oc2c(F)cc3[nH]ccc3c2CN1N. The second-order valence-electron chi connectivity index (χ2n) is 12.7. The maximum absolute atomic E-state index is 15.7. The number of aliphatic carboxylic acids is 1. The van der Waals surface area contributed by atoms with Crippen molar-refractivity contribution in [2.24, 2.45) is 11.6 Å². The minimum atomic E-state index is -0.852. The number of carbonyl (C=O) groups is 1. The number of H-pyrrole nitrogens is 2. The zero-order chi connectivity index (χ0) is 34.0. The average Bonchev–Trinajstić information content (AvgIpc) is 3.76. The number of halogens is 2. The Morgan fingerprint density at radius 1 is 1.10 bits per heavy atom. The van der Waals surface area contributed by atoms with Crippen molar-refractivity contribution in [2.75, 3.05) is 0 Å². The normalized spacial score (nSPS) is 19.2. The molecule has 0 amide bonds. The van der Waals surface area contributed by atoms with Crippen molar-refractivity contribution in [3.63, 3.8) is 0 Å². The van der Waals surface area contributed by atoms with E-state index in [4.69, 9.17) is 16.3 Å². The molecule has 4 bridgehead atoms. The molecule has 3 heterocycles. The molecule has 6 rings (SSSR count). The second kappa shape index (κ2) is 13.5. The van der Waals surface area contributed by atoms with E-state index in [2.05, 4.69) is 21.9 Å². The Balaban J connectivity index is 1.45. The Morgan fingerprint density at radius 3 is 2.75 bits per heavy atom. The van der Waals surface area contributed by atoms with Gasteiger partial charge in [0.1, 0.15) is 17.4 Å². The lowest BCUT2D eigenvalue weighted by molar-refractivity contribution is -0.136. The number of hydrogen-bond acceptors (Lipinski definition) is 6. The van der Waals surface area contributed by atoms with Gasteiger partial charge in [-0.25, -0.2) is 19.6 Å². The first kappa shape index (κ1) is 32.8. The first-order chi connectivity index (χ1) is 23.0. The standard InChI is InChI=1S/C37H40F2N6O3/c1-22-31(40)9-4-3-5-15-37(2,24-8-6-7-23(17-24)10-13-34(46)47)33-20-43-36(44-33)27-18-25(11-12-29(27)38)48-35-28(21-45(22)41)26-14-16-42-32(26)19-30(35)39/h6-8,11-12,14,16-20,42H,3-5,9-10,13,15,21,40-41H2,1-2H3,(H,43,44)(H,46,47)/b31-22-. The maximum Gasteiger partial charge on any atom is 0.303 e. The third-order valence-electron chi connectivity index (χ3n) is 9.49. The summed E-state index contributed by atoms with van der Waals surface area (Å²) in [7, 11) is 0. The van der Waals surface area contributed by atoms with Gasteiger partial charge in [-0.15, -0.1) is 0 Å². The molecule has 7 N–H and O–H groups in total. The Hall–Kier alpha value is -5.16. The number of hydrazine groups is 1. The average molecular weight is 655 g/mol. The van der Waals surface area contributed by atoms with Crippen LogP contribution in [0.3, 0.4) is 0 Å². The van der Waals surface area contributed by atoms with Gasteiger partial charge in [-0.1, -0.05) is 37.1 Å². The molecule has 1 unspecified atom stereocenters. The van der Waals surface area contributed by atoms with E-state index in [1.165, 1.54) is 29.3 Å². The highest BCUT2D eigenvalue weighted by molar-refractivity contribution is 5.85. The fourth-order valence-corrected chi connectivity index (χ4v) is 6.48. The highest BCUT2D eigenvalue weighted by atomic mass is 19.1. The number of hydrogen-bond donors (Lipinski definition) is 5. The summed E-state index contributed by atoms with van der Waals surface area (Å²) in [5, 5.41) is 11.5. The molecule has 5 aromatic rings. The molecule has 1 aliphatic heterocycles. The molecule has 0 saturated carbocycles. The van der Waals surface area contributed by atoms with Crippen molar-refractivity contribution in [2.45, 2.75) is 70.8 Å². The van der Waals surface area contributed by atoms with Gasteiger partial charge in [0, 0.05) is 63.9 Å². The molecule has 0 aliphatic carbocycles. The molecule has 2 aromatic heterocycles. The number of carboxylic acid groups (broad SMARTS) is 1. The number of carboxylic acids is 1. The molecule has 48 heavy (non-hydrogen) atoms. The fourth-order valence-electron chi connectivity index (χ4n) is 6.48. The van der Waals surface area contributed by atoms with Gasteiger partial charge in [-0.05, 0) is 74.9 Å². The van der Waals surface area contributed by atoms with Crippen LogP contribution in [-0.2, 0) is 23.2 Å². The van der Waals surface area contributed by atoms with E-state index in [-0.39, 0.29) is 30.0 Å². The summed E-state index contributed by atoms with van der Waals surface area (Å²) >= 11 is 0. The van der Waals surface area contributed by atoms with Gasteiger partial charge < -0.3 is 30.6 Å². The summed E-state index contributed by atoms with van der Waals surface area (Å²) in [5.74, 6) is 5.08. The monoisotopic (exact) mass is 654 g/mol. The van der Waals surface area contributed by atoms with E-state index >= 15 is 8.78 Å². The number of imidazole rings is 1. The van der Waals surface area contributed by atoms with Gasteiger partial charge in [-0.2, -0.15) is 0 Å². The summed E-state index contributed by atoms with van der Waals surface area (Å²) in [6.45, 7) is 4.08. The van der Waals surface area contributed by atoms with Gasteiger partial charge in [-0.3, -0.25) is 4.79 Å². The van der Waals surface area contributed by atoms with Crippen LogP contribution in [0, 0.1) is 11.6 Å². The third-order valence-corrected chi connectivity index (χ3v) is 9.49. The Kier molecular flexibility index (Phi) is 9.23. The summed E-state index contributed by atoms with van der Waals surface area (Å²) in [5.41, 5.74) is 11.3. The number of aromatic amines is 2. The number of rotatable bonds is 4. The maximum atomic E-state index is 15.7. The number of aromatic nitrogens is 3. The molecule has 1 aliphatic rings. The number of benzene rings is 3. The van der Waals surface area contributed by atoms with Crippen LogP contribution in [0.2, 0.25) is 0 Å². The molecule has 9 nitrogen and oxygen atoms in total. The minimum absolute atomic E-state index is 0.0186. The molecule has 0 spiro atoms. The fraction of sp³-hybridized carbons (Fsp3) is 0.297. The molecule has 0 saturated heterocycles. The van der Waals surface area contributed by atoms with E-state index in [0.29, 0.717) is 41.1 Å². The van der Waals surface area contributed by atoms with Crippen LogP contribution in [0.1, 0.15) is 74.8 Å². The van der Waals surface area contributed by atoms with Crippen LogP contribution < -0.4 is 16.3 Å². The molecule has 250 valence electrons. The summed E-state index contributed by atoms with van der Waals surface area (Å²) in [6.07, 6.45) is 7.84. The topological polar surface area (TPSA) is 146 Å². The zero-order valence-corrected chi connectivity index (χ0v) is 27.1. The highest BCUT2D eigenvalue weighted by Crippen LogP contribution is 2.40. The van der Waals surface area contributed by atoms with E-state index in [9.17, 15) is 9.90 Å². The second-order valence-corrected chi connectivity index (χ2v) is 12.7. The Labute approximate surface area is 277 Å². The van der Waals surface area contributed by atoms with E-state index in [0.717, 1.165) is 47.9 Å². The predicted octanol–water partition coefficient (Wildman–Crippen LogP) is 7.78. The van der Waals surface area contributed by atoms with Gasteiger partial charge in [0.05, 0.1) is 12.1 Å². The number of nitrogens with one attached hydrogen (secondary N) is 2. The van der Waals surface area contributed by atoms with Crippen molar-refractivity contribution in [3.8, 4) is 22.9 Å². The molecule has 3 aromatic carbocycles. The van der Waals surface area contributed by atoms with Crippen LogP contribution in [-0.4, -0.2) is 31.0 Å². The number of aryl methyl sites for hydroxylation is 1. The van der Waals surface area contributed by atoms with Crippen LogP contribution in [0.25, 0.3) is 22.3 Å². The smallest absolute Gasteiger partial charge is 0.303 e. The lowest BCUT2D eigenvalue weighted by atomic mass is 9.75. The van der Waals surface area contributed by atoms with Gasteiger partial charge in [0.15, 0.2) is 11.6 Å². The lowest BCUT2D eigenvalue weighted by Gasteiger charge is -2.30.